The molecule has 5 nitrogen and oxygen atoms in total. The molecule has 2 aromatic heterocycles. The van der Waals surface area contributed by atoms with Crippen LogP contribution >= 0.6 is 0 Å². The second kappa shape index (κ2) is 5.83. The molecule has 3 aromatic rings. The van der Waals surface area contributed by atoms with Gasteiger partial charge in [0.1, 0.15) is 5.82 Å². The van der Waals surface area contributed by atoms with Crippen LogP contribution in [0, 0.1) is 0 Å². The van der Waals surface area contributed by atoms with E-state index in [0.29, 0.717) is 11.1 Å². The van der Waals surface area contributed by atoms with Crippen LogP contribution in [0.4, 0.5) is 0 Å². The second-order valence-electron chi connectivity index (χ2n) is 4.87. The van der Waals surface area contributed by atoms with Gasteiger partial charge in [0.05, 0.1) is 17.5 Å². The fourth-order valence-electron chi connectivity index (χ4n) is 2.41. The molecule has 0 radical (unpaired) electrons. The Morgan fingerprint density at radius 1 is 1.14 bits per heavy atom. The number of aryl methyl sites for hydroxylation is 1. The van der Waals surface area contributed by atoms with Crippen molar-refractivity contribution < 1.29 is 4.79 Å². The van der Waals surface area contributed by atoms with Crippen LogP contribution in [-0.4, -0.2) is 25.3 Å². The van der Waals surface area contributed by atoms with Crippen molar-refractivity contribution in [2.24, 2.45) is 0 Å². The van der Waals surface area contributed by atoms with E-state index in [-0.39, 0.29) is 12.2 Å². The van der Waals surface area contributed by atoms with Gasteiger partial charge in [-0.15, -0.1) is 0 Å². The quantitative estimate of drug-likeness (QED) is 0.674. The maximum atomic E-state index is 12.6. The summed E-state index contributed by atoms with van der Waals surface area (Å²) < 4.78 is 2.02. The van der Waals surface area contributed by atoms with Crippen LogP contribution in [0.1, 0.15) is 29.5 Å². The van der Waals surface area contributed by atoms with Gasteiger partial charge in [-0.25, -0.2) is 4.98 Å². The molecule has 1 aromatic carbocycles. The Hall–Kier alpha value is -2.56. The molecule has 0 bridgehead atoms. The Kier molecular flexibility index (Phi) is 3.73. The summed E-state index contributed by atoms with van der Waals surface area (Å²) in [6, 6.07) is 5.49. The molecule has 0 fully saturated rings. The van der Waals surface area contributed by atoms with E-state index in [1.807, 2.05) is 22.9 Å². The summed E-state index contributed by atoms with van der Waals surface area (Å²) in [4.78, 5) is 25.4. The summed E-state index contributed by atoms with van der Waals surface area (Å²) >= 11 is 0. The zero-order valence-electron chi connectivity index (χ0n) is 11.9. The number of para-hydroxylation sites is 1. The number of nitrogens with zero attached hydrogens (tertiary/aromatic N) is 4. The van der Waals surface area contributed by atoms with Crippen molar-refractivity contribution in [2.75, 3.05) is 0 Å². The van der Waals surface area contributed by atoms with Crippen molar-refractivity contribution in [3.8, 4) is 0 Å². The molecular formula is C16H16N4O. The first-order chi connectivity index (χ1) is 10.3. The molecule has 106 valence electrons. The van der Waals surface area contributed by atoms with E-state index in [1.54, 1.807) is 24.7 Å². The van der Waals surface area contributed by atoms with Crippen LogP contribution in [0.3, 0.4) is 0 Å². The van der Waals surface area contributed by atoms with Crippen molar-refractivity contribution in [2.45, 2.75) is 26.3 Å². The molecule has 5 heteroatoms. The smallest absolute Gasteiger partial charge is 0.172 e. The molecule has 0 saturated heterocycles. The first kappa shape index (κ1) is 13.4. The van der Waals surface area contributed by atoms with Gasteiger partial charge in [0, 0.05) is 36.9 Å². The van der Waals surface area contributed by atoms with Crippen molar-refractivity contribution in [3.05, 3.63) is 54.4 Å². The van der Waals surface area contributed by atoms with Gasteiger partial charge in [0.15, 0.2) is 5.78 Å². The van der Waals surface area contributed by atoms with E-state index < -0.39 is 0 Å². The normalized spacial score (nSPS) is 10.9. The highest BCUT2D eigenvalue weighted by Gasteiger charge is 2.14. The van der Waals surface area contributed by atoms with E-state index in [0.717, 1.165) is 24.3 Å². The average Bonchev–Trinajstić information content (AvgIpc) is 2.94. The number of benzene rings is 1. The lowest BCUT2D eigenvalue weighted by Crippen LogP contribution is -2.11. The summed E-state index contributed by atoms with van der Waals surface area (Å²) in [6.45, 7) is 2.98. The molecule has 0 atom stereocenters. The molecule has 0 saturated carbocycles. The van der Waals surface area contributed by atoms with Gasteiger partial charge in [-0.2, -0.15) is 0 Å². The molecule has 0 aliphatic carbocycles. The minimum Gasteiger partial charge on any atom is -0.335 e. The summed E-state index contributed by atoms with van der Waals surface area (Å²) in [6.07, 6.45) is 8.18. The molecule has 3 rings (SSSR count). The number of hydrogen-bond acceptors (Lipinski definition) is 4. The van der Waals surface area contributed by atoms with Gasteiger partial charge < -0.3 is 4.57 Å². The Bertz CT molecular complexity index is 773. The highest BCUT2D eigenvalue weighted by Crippen LogP contribution is 2.16. The Labute approximate surface area is 122 Å². The molecule has 0 aliphatic heterocycles. The molecule has 2 heterocycles. The monoisotopic (exact) mass is 280 g/mol. The maximum absolute atomic E-state index is 12.6. The van der Waals surface area contributed by atoms with E-state index in [1.165, 1.54) is 0 Å². The number of hydrogen-bond donors (Lipinski definition) is 0. The molecular weight excluding hydrogens is 264 g/mol. The van der Waals surface area contributed by atoms with Gasteiger partial charge in [0.2, 0.25) is 0 Å². The van der Waals surface area contributed by atoms with Gasteiger partial charge in [-0.1, -0.05) is 13.0 Å². The van der Waals surface area contributed by atoms with Crippen molar-refractivity contribution in [1.29, 1.82) is 0 Å². The lowest BCUT2D eigenvalue weighted by atomic mass is 10.1. The van der Waals surface area contributed by atoms with Crippen LogP contribution in [0.25, 0.3) is 11.0 Å². The largest absolute Gasteiger partial charge is 0.335 e. The molecule has 0 N–H and O–H groups in total. The fourth-order valence-corrected chi connectivity index (χ4v) is 2.41. The van der Waals surface area contributed by atoms with Crippen molar-refractivity contribution in [3.63, 3.8) is 0 Å². The number of fused-ring (bicyclic) bond motifs is 1. The number of rotatable bonds is 5. The summed E-state index contributed by atoms with van der Waals surface area (Å²) in [7, 11) is 0. The number of carbonyl (C=O) groups excluding carboxylic acids is 1. The van der Waals surface area contributed by atoms with Gasteiger partial charge in [0.25, 0.3) is 0 Å². The van der Waals surface area contributed by atoms with E-state index >= 15 is 0 Å². The van der Waals surface area contributed by atoms with Gasteiger partial charge in [-0.05, 0) is 18.6 Å². The highest BCUT2D eigenvalue weighted by molar-refractivity contribution is 6.06. The maximum Gasteiger partial charge on any atom is 0.172 e. The van der Waals surface area contributed by atoms with Crippen LogP contribution in [0.5, 0.6) is 0 Å². The van der Waals surface area contributed by atoms with E-state index in [2.05, 4.69) is 21.9 Å². The van der Waals surface area contributed by atoms with Crippen molar-refractivity contribution >= 4 is 16.8 Å². The predicted molar refractivity (Wildman–Crippen MR) is 80.1 cm³/mol. The molecule has 0 unspecified atom stereocenters. The molecule has 0 spiro atoms. The zero-order valence-corrected chi connectivity index (χ0v) is 11.9. The molecule has 0 aliphatic rings. The summed E-state index contributed by atoms with van der Waals surface area (Å²) in [5, 5.41) is 0. The lowest BCUT2D eigenvalue weighted by molar-refractivity contribution is 0.0991. The average molecular weight is 280 g/mol. The molecule has 21 heavy (non-hydrogen) atoms. The van der Waals surface area contributed by atoms with E-state index in [9.17, 15) is 4.79 Å². The van der Waals surface area contributed by atoms with E-state index in [4.69, 9.17) is 0 Å². The third kappa shape index (κ3) is 2.67. The van der Waals surface area contributed by atoms with Gasteiger partial charge >= 0.3 is 0 Å². The van der Waals surface area contributed by atoms with Crippen LogP contribution in [-0.2, 0) is 13.0 Å². The minimum absolute atomic E-state index is 0.0182. The SMILES string of the molecule is CCCn1ccnc1CC(=O)c1cccc2nccnc12. The van der Waals surface area contributed by atoms with Crippen molar-refractivity contribution in [1.82, 2.24) is 19.5 Å². The first-order valence-corrected chi connectivity index (χ1v) is 7.02. The fraction of sp³-hybridized carbons (Fsp3) is 0.250. The Morgan fingerprint density at radius 3 is 2.86 bits per heavy atom. The number of ketones is 1. The highest BCUT2D eigenvalue weighted by atomic mass is 16.1. The van der Waals surface area contributed by atoms with Gasteiger partial charge in [-0.3, -0.25) is 14.8 Å². The van der Waals surface area contributed by atoms with Crippen LogP contribution < -0.4 is 0 Å². The lowest BCUT2D eigenvalue weighted by Gasteiger charge is -2.07. The number of imidazole rings is 1. The third-order valence-corrected chi connectivity index (χ3v) is 3.38. The topological polar surface area (TPSA) is 60.7 Å². The number of carbonyl (C=O) groups is 1. The number of Topliss-reactive ketones (excluding diaryl/α,β-unsaturated/α-hetero) is 1. The first-order valence-electron chi connectivity index (χ1n) is 7.02. The molecule has 0 amide bonds. The minimum atomic E-state index is 0.0182. The summed E-state index contributed by atoms with van der Waals surface area (Å²) in [5.41, 5.74) is 1.99. The Morgan fingerprint density at radius 2 is 2.00 bits per heavy atom. The zero-order chi connectivity index (χ0) is 14.7. The number of aromatic nitrogens is 4. The predicted octanol–water partition coefficient (Wildman–Crippen LogP) is 2.66. The van der Waals surface area contributed by atoms with Crippen LogP contribution in [0.15, 0.2) is 43.0 Å². The third-order valence-electron chi connectivity index (χ3n) is 3.38. The Balaban J connectivity index is 1.92. The standard InChI is InChI=1S/C16H16N4O/c1-2-9-20-10-8-18-15(20)11-14(21)12-4-3-5-13-16(12)19-7-6-17-13/h3-8,10H,2,9,11H2,1H3. The summed E-state index contributed by atoms with van der Waals surface area (Å²) in [5.74, 6) is 0.812. The van der Waals surface area contributed by atoms with Crippen LogP contribution in [0.2, 0.25) is 0 Å². The second-order valence-corrected chi connectivity index (χ2v) is 4.87.